The SMILES string of the molecule is CC1CCNCC1OCCCC(=O)N(C)C. The first-order chi connectivity index (χ1) is 7.61. The van der Waals surface area contributed by atoms with Gasteiger partial charge in [-0.15, -0.1) is 0 Å². The molecule has 4 nitrogen and oxygen atoms in total. The van der Waals surface area contributed by atoms with Crippen LogP contribution in [0.4, 0.5) is 0 Å². The maximum atomic E-state index is 11.3. The quantitative estimate of drug-likeness (QED) is 0.710. The molecule has 1 heterocycles. The molecule has 2 unspecified atom stereocenters. The number of carbonyl (C=O) groups is 1. The molecule has 0 bridgehead atoms. The van der Waals surface area contributed by atoms with E-state index >= 15 is 0 Å². The average molecular weight is 228 g/mol. The van der Waals surface area contributed by atoms with E-state index in [1.54, 1.807) is 19.0 Å². The Morgan fingerprint density at radius 2 is 2.25 bits per heavy atom. The van der Waals surface area contributed by atoms with Gasteiger partial charge in [-0.05, 0) is 25.3 Å². The maximum absolute atomic E-state index is 11.3. The second kappa shape index (κ2) is 6.86. The minimum atomic E-state index is 0.179. The van der Waals surface area contributed by atoms with Crippen molar-refractivity contribution in [1.29, 1.82) is 0 Å². The Kier molecular flexibility index (Phi) is 5.77. The van der Waals surface area contributed by atoms with Crippen LogP contribution in [0.3, 0.4) is 0 Å². The van der Waals surface area contributed by atoms with Crippen LogP contribution in [0, 0.1) is 5.92 Å². The van der Waals surface area contributed by atoms with E-state index in [1.807, 2.05) is 0 Å². The van der Waals surface area contributed by atoms with E-state index in [1.165, 1.54) is 6.42 Å². The molecule has 4 heteroatoms. The number of nitrogens with zero attached hydrogens (tertiary/aromatic N) is 1. The second-order valence-electron chi connectivity index (χ2n) is 4.77. The lowest BCUT2D eigenvalue weighted by Crippen LogP contribution is -2.41. The monoisotopic (exact) mass is 228 g/mol. The molecule has 0 aromatic rings. The van der Waals surface area contributed by atoms with Crippen LogP contribution in [-0.2, 0) is 9.53 Å². The summed E-state index contributed by atoms with van der Waals surface area (Å²) in [6.07, 6.45) is 2.91. The lowest BCUT2D eigenvalue weighted by atomic mass is 9.97. The number of amides is 1. The number of ether oxygens (including phenoxy) is 1. The Morgan fingerprint density at radius 3 is 2.88 bits per heavy atom. The molecule has 0 spiro atoms. The molecule has 2 atom stereocenters. The zero-order valence-electron chi connectivity index (χ0n) is 10.7. The van der Waals surface area contributed by atoms with Gasteiger partial charge in [0.25, 0.3) is 0 Å². The smallest absolute Gasteiger partial charge is 0.222 e. The van der Waals surface area contributed by atoms with E-state index in [4.69, 9.17) is 4.74 Å². The summed E-state index contributed by atoms with van der Waals surface area (Å²) in [5.41, 5.74) is 0. The van der Waals surface area contributed by atoms with Gasteiger partial charge in [0.2, 0.25) is 5.91 Å². The molecule has 0 saturated carbocycles. The Hall–Kier alpha value is -0.610. The average Bonchev–Trinajstić information content (AvgIpc) is 2.26. The van der Waals surface area contributed by atoms with Crippen molar-refractivity contribution in [2.24, 2.45) is 5.92 Å². The van der Waals surface area contributed by atoms with Gasteiger partial charge in [-0.2, -0.15) is 0 Å². The summed E-state index contributed by atoms with van der Waals surface area (Å²) in [4.78, 5) is 12.9. The molecule has 1 amide bonds. The predicted molar refractivity (Wildman–Crippen MR) is 64.3 cm³/mol. The molecular weight excluding hydrogens is 204 g/mol. The summed E-state index contributed by atoms with van der Waals surface area (Å²) in [6.45, 7) is 4.97. The van der Waals surface area contributed by atoms with Crippen molar-refractivity contribution < 1.29 is 9.53 Å². The first-order valence-corrected chi connectivity index (χ1v) is 6.13. The summed E-state index contributed by atoms with van der Waals surface area (Å²) in [5.74, 6) is 0.809. The normalized spacial score (nSPS) is 25.4. The Morgan fingerprint density at radius 1 is 1.50 bits per heavy atom. The fourth-order valence-electron chi connectivity index (χ4n) is 1.87. The van der Waals surface area contributed by atoms with E-state index in [-0.39, 0.29) is 5.91 Å². The van der Waals surface area contributed by atoms with Crippen LogP contribution in [0.25, 0.3) is 0 Å². The highest BCUT2D eigenvalue weighted by molar-refractivity contribution is 5.75. The van der Waals surface area contributed by atoms with Crippen LogP contribution in [0.5, 0.6) is 0 Å². The molecular formula is C12H24N2O2. The van der Waals surface area contributed by atoms with Crippen molar-refractivity contribution in [3.05, 3.63) is 0 Å². The molecule has 1 saturated heterocycles. The van der Waals surface area contributed by atoms with Gasteiger partial charge in [0.15, 0.2) is 0 Å². The van der Waals surface area contributed by atoms with Gasteiger partial charge in [-0.25, -0.2) is 0 Å². The van der Waals surface area contributed by atoms with Gasteiger partial charge in [-0.1, -0.05) is 6.92 Å². The highest BCUT2D eigenvalue weighted by Gasteiger charge is 2.21. The van der Waals surface area contributed by atoms with E-state index < -0.39 is 0 Å². The fourth-order valence-corrected chi connectivity index (χ4v) is 1.87. The molecule has 0 aliphatic carbocycles. The van der Waals surface area contributed by atoms with Crippen LogP contribution in [-0.4, -0.2) is 50.7 Å². The Labute approximate surface area is 98.3 Å². The van der Waals surface area contributed by atoms with Crippen molar-refractivity contribution >= 4 is 5.91 Å². The molecule has 0 aromatic heterocycles. The predicted octanol–water partition coefficient (Wildman–Crippen LogP) is 0.869. The van der Waals surface area contributed by atoms with Crippen molar-refractivity contribution in [3.8, 4) is 0 Å². The summed E-state index contributed by atoms with van der Waals surface area (Å²) >= 11 is 0. The zero-order chi connectivity index (χ0) is 12.0. The number of hydrogen-bond donors (Lipinski definition) is 1. The van der Waals surface area contributed by atoms with Crippen molar-refractivity contribution in [1.82, 2.24) is 10.2 Å². The van der Waals surface area contributed by atoms with Crippen molar-refractivity contribution in [2.75, 3.05) is 33.8 Å². The molecule has 16 heavy (non-hydrogen) atoms. The molecule has 0 aromatic carbocycles. The van der Waals surface area contributed by atoms with Crippen LogP contribution in [0.2, 0.25) is 0 Å². The van der Waals surface area contributed by atoms with Gasteiger partial charge >= 0.3 is 0 Å². The van der Waals surface area contributed by atoms with Gasteiger partial charge < -0.3 is 15.0 Å². The van der Waals surface area contributed by atoms with Crippen LogP contribution < -0.4 is 5.32 Å². The fraction of sp³-hybridized carbons (Fsp3) is 0.917. The van der Waals surface area contributed by atoms with Crippen LogP contribution in [0.15, 0.2) is 0 Å². The Bertz CT molecular complexity index is 219. The number of nitrogens with one attached hydrogen (secondary N) is 1. The molecule has 1 fully saturated rings. The third-order valence-electron chi connectivity index (χ3n) is 3.12. The van der Waals surface area contributed by atoms with Crippen molar-refractivity contribution in [3.63, 3.8) is 0 Å². The minimum absolute atomic E-state index is 0.179. The standard InChI is InChI=1S/C12H24N2O2/c1-10-6-7-13-9-11(10)16-8-4-5-12(15)14(2)3/h10-11,13H,4-9H2,1-3H3. The van der Waals surface area contributed by atoms with Gasteiger partial charge in [0.05, 0.1) is 6.10 Å². The number of carbonyl (C=O) groups excluding carboxylic acids is 1. The Balaban J connectivity index is 2.08. The molecule has 1 aliphatic rings. The first-order valence-electron chi connectivity index (χ1n) is 6.13. The third kappa shape index (κ3) is 4.49. The number of piperidine rings is 1. The molecule has 1 aliphatic heterocycles. The van der Waals surface area contributed by atoms with Gasteiger partial charge in [0.1, 0.15) is 0 Å². The summed E-state index contributed by atoms with van der Waals surface area (Å²) in [7, 11) is 3.58. The topological polar surface area (TPSA) is 41.6 Å². The lowest BCUT2D eigenvalue weighted by molar-refractivity contribution is -0.129. The zero-order valence-corrected chi connectivity index (χ0v) is 10.7. The maximum Gasteiger partial charge on any atom is 0.222 e. The van der Waals surface area contributed by atoms with Crippen molar-refractivity contribution in [2.45, 2.75) is 32.3 Å². The van der Waals surface area contributed by atoms with E-state index in [2.05, 4.69) is 12.2 Å². The summed E-state index contributed by atoms with van der Waals surface area (Å²) < 4.78 is 5.79. The lowest BCUT2D eigenvalue weighted by Gasteiger charge is -2.29. The van der Waals surface area contributed by atoms with Gasteiger partial charge in [0, 0.05) is 33.7 Å². The van der Waals surface area contributed by atoms with Crippen LogP contribution in [0.1, 0.15) is 26.2 Å². The van der Waals surface area contributed by atoms with Gasteiger partial charge in [-0.3, -0.25) is 4.79 Å². The number of rotatable bonds is 5. The first kappa shape index (κ1) is 13.5. The summed E-state index contributed by atoms with van der Waals surface area (Å²) in [6, 6.07) is 0. The van der Waals surface area contributed by atoms with E-state index in [9.17, 15) is 4.79 Å². The molecule has 0 radical (unpaired) electrons. The van der Waals surface area contributed by atoms with Crippen LogP contribution >= 0.6 is 0 Å². The summed E-state index contributed by atoms with van der Waals surface area (Å²) in [5, 5.41) is 3.33. The van der Waals surface area contributed by atoms with E-state index in [0.29, 0.717) is 25.0 Å². The third-order valence-corrected chi connectivity index (χ3v) is 3.12. The highest BCUT2D eigenvalue weighted by atomic mass is 16.5. The molecule has 1 N–H and O–H groups in total. The minimum Gasteiger partial charge on any atom is -0.377 e. The molecule has 94 valence electrons. The van der Waals surface area contributed by atoms with E-state index in [0.717, 1.165) is 19.5 Å². The highest BCUT2D eigenvalue weighted by Crippen LogP contribution is 2.14. The molecule has 1 rings (SSSR count). The number of hydrogen-bond acceptors (Lipinski definition) is 3. The second-order valence-corrected chi connectivity index (χ2v) is 4.77. The largest absolute Gasteiger partial charge is 0.377 e.